The molecule has 0 atom stereocenters. The Hall–Kier alpha value is -3.20. The van der Waals surface area contributed by atoms with Crippen LogP contribution in [0.4, 0.5) is 20.3 Å². The number of fused-ring (bicyclic) bond motifs is 3. The Morgan fingerprint density at radius 1 is 1.22 bits per heavy atom. The summed E-state index contributed by atoms with van der Waals surface area (Å²) in [5.41, 5.74) is 15.5. The molecule has 1 aromatic carbocycles. The summed E-state index contributed by atoms with van der Waals surface area (Å²) in [5.74, 6) is -0.636. The largest absolute Gasteiger partial charge is 0.382 e. The fourth-order valence-electron chi connectivity index (χ4n) is 3.13. The average Bonchev–Trinajstić information content (AvgIpc) is 3.11. The van der Waals surface area contributed by atoms with Gasteiger partial charge in [-0.3, -0.25) is 0 Å². The molecule has 3 aromatic rings. The van der Waals surface area contributed by atoms with E-state index in [0.717, 1.165) is 33.7 Å². The number of hydrogen-bond donors (Lipinski definition) is 3. The van der Waals surface area contributed by atoms with Gasteiger partial charge in [0.25, 0.3) is 0 Å². The lowest BCUT2D eigenvalue weighted by Gasteiger charge is -2.18. The molecule has 0 saturated heterocycles. The van der Waals surface area contributed by atoms with Gasteiger partial charge in [-0.1, -0.05) is 5.22 Å². The Kier molecular flexibility index (Phi) is 4.36. The predicted octanol–water partition coefficient (Wildman–Crippen LogP) is 4.95. The van der Waals surface area contributed by atoms with E-state index in [1.807, 2.05) is 17.5 Å². The SMILES string of the molecule is N=NN=C(N)C1=Cc2nc(Nc3cc(F)cc(F)c3)c3ccsc3c2CC1. The molecular formula is C18H14F2N6S. The summed E-state index contributed by atoms with van der Waals surface area (Å²) >= 11 is 1.59. The lowest BCUT2D eigenvalue weighted by Crippen LogP contribution is -2.17. The topological polar surface area (TPSA) is 99.5 Å². The van der Waals surface area contributed by atoms with Gasteiger partial charge in [0, 0.05) is 21.8 Å². The van der Waals surface area contributed by atoms with Crippen LogP contribution in [0.5, 0.6) is 0 Å². The van der Waals surface area contributed by atoms with Crippen molar-refractivity contribution in [3.8, 4) is 0 Å². The fourth-order valence-corrected chi connectivity index (χ4v) is 4.11. The van der Waals surface area contributed by atoms with Gasteiger partial charge < -0.3 is 11.1 Å². The summed E-state index contributed by atoms with van der Waals surface area (Å²) < 4.78 is 28.1. The number of thiophene rings is 1. The van der Waals surface area contributed by atoms with E-state index < -0.39 is 11.6 Å². The molecule has 4 rings (SSSR count). The zero-order valence-corrected chi connectivity index (χ0v) is 14.8. The summed E-state index contributed by atoms with van der Waals surface area (Å²) in [4.78, 5) is 4.65. The van der Waals surface area contributed by atoms with Gasteiger partial charge in [-0.25, -0.2) is 13.8 Å². The Morgan fingerprint density at radius 2 is 2.00 bits per heavy atom. The number of amidine groups is 1. The molecule has 1 aliphatic carbocycles. The molecule has 2 aromatic heterocycles. The van der Waals surface area contributed by atoms with E-state index in [-0.39, 0.29) is 11.5 Å². The Labute approximate surface area is 156 Å². The van der Waals surface area contributed by atoms with Crippen molar-refractivity contribution in [2.24, 2.45) is 16.1 Å². The van der Waals surface area contributed by atoms with E-state index in [9.17, 15) is 8.78 Å². The number of pyridine rings is 1. The summed E-state index contributed by atoms with van der Waals surface area (Å²) in [7, 11) is 0. The average molecular weight is 384 g/mol. The Bertz CT molecular complexity index is 1100. The zero-order valence-electron chi connectivity index (χ0n) is 14.0. The molecule has 0 spiro atoms. The van der Waals surface area contributed by atoms with Crippen molar-refractivity contribution < 1.29 is 8.78 Å². The monoisotopic (exact) mass is 384 g/mol. The van der Waals surface area contributed by atoms with Crippen LogP contribution in [0, 0.1) is 17.2 Å². The molecule has 6 nitrogen and oxygen atoms in total. The first-order valence-electron chi connectivity index (χ1n) is 8.09. The maximum Gasteiger partial charge on any atom is 0.151 e. The standard InChI is InChI=1S/C18H14F2N6S/c19-10-6-11(20)8-12(7-10)23-18-14-3-4-27-16(14)13-2-1-9(5-15(13)24-18)17(21)25-26-22/h3-8H,1-2H2,(H,23,24)(H3,21,22,25). The summed E-state index contributed by atoms with van der Waals surface area (Å²) in [6.07, 6.45) is 3.22. The smallest absolute Gasteiger partial charge is 0.151 e. The number of nitrogens with one attached hydrogen (secondary N) is 2. The van der Waals surface area contributed by atoms with Crippen molar-refractivity contribution in [1.82, 2.24) is 4.98 Å². The molecule has 1 aliphatic rings. The number of benzene rings is 1. The number of halogens is 2. The Balaban J connectivity index is 1.82. The first-order chi connectivity index (χ1) is 13.0. The van der Waals surface area contributed by atoms with Crippen molar-refractivity contribution in [2.45, 2.75) is 12.8 Å². The highest BCUT2D eigenvalue weighted by Gasteiger charge is 2.20. The van der Waals surface area contributed by atoms with E-state index in [1.165, 1.54) is 12.1 Å². The van der Waals surface area contributed by atoms with Gasteiger partial charge in [0.1, 0.15) is 17.5 Å². The molecule has 0 bridgehead atoms. The third-order valence-corrected chi connectivity index (χ3v) is 5.28. The number of anilines is 2. The van der Waals surface area contributed by atoms with Crippen LogP contribution in [0.2, 0.25) is 0 Å². The van der Waals surface area contributed by atoms with Crippen molar-refractivity contribution in [1.29, 1.82) is 5.53 Å². The Morgan fingerprint density at radius 3 is 2.74 bits per heavy atom. The molecule has 0 fully saturated rings. The van der Waals surface area contributed by atoms with Crippen LogP contribution in [0.15, 0.2) is 45.5 Å². The van der Waals surface area contributed by atoms with Gasteiger partial charge in [-0.2, -0.15) is 5.53 Å². The third kappa shape index (κ3) is 3.28. The second-order valence-electron chi connectivity index (χ2n) is 6.03. The maximum atomic E-state index is 13.5. The van der Waals surface area contributed by atoms with E-state index in [4.69, 9.17) is 11.3 Å². The predicted molar refractivity (Wildman–Crippen MR) is 102 cm³/mol. The van der Waals surface area contributed by atoms with Crippen LogP contribution in [-0.2, 0) is 6.42 Å². The molecule has 0 amide bonds. The molecule has 136 valence electrons. The molecule has 0 saturated carbocycles. The van der Waals surface area contributed by atoms with Crippen molar-refractivity contribution in [3.05, 3.63) is 58.1 Å². The van der Waals surface area contributed by atoms with Crippen LogP contribution in [-0.4, -0.2) is 10.8 Å². The van der Waals surface area contributed by atoms with Gasteiger partial charge in [-0.05, 0) is 53.6 Å². The summed E-state index contributed by atoms with van der Waals surface area (Å²) in [6.45, 7) is 0. The summed E-state index contributed by atoms with van der Waals surface area (Å²) in [6, 6.07) is 5.17. The van der Waals surface area contributed by atoms with E-state index >= 15 is 0 Å². The molecule has 0 radical (unpaired) electrons. The van der Waals surface area contributed by atoms with E-state index in [1.54, 1.807) is 11.3 Å². The first kappa shape index (κ1) is 17.2. The van der Waals surface area contributed by atoms with Gasteiger partial charge in [-0.15, -0.1) is 16.4 Å². The van der Waals surface area contributed by atoms with Crippen LogP contribution < -0.4 is 11.1 Å². The fraction of sp³-hybridized carbons (Fsp3) is 0.111. The van der Waals surface area contributed by atoms with Gasteiger partial charge in [0.15, 0.2) is 5.84 Å². The molecule has 27 heavy (non-hydrogen) atoms. The van der Waals surface area contributed by atoms with Crippen LogP contribution in [0.3, 0.4) is 0 Å². The first-order valence-corrected chi connectivity index (χ1v) is 8.97. The minimum Gasteiger partial charge on any atom is -0.382 e. The molecule has 9 heteroatoms. The van der Waals surface area contributed by atoms with E-state index in [0.29, 0.717) is 17.9 Å². The number of nitrogens with two attached hydrogens (primary N) is 1. The zero-order chi connectivity index (χ0) is 19.0. The number of nitrogens with zero attached hydrogens (tertiary/aromatic N) is 3. The van der Waals surface area contributed by atoms with Crippen LogP contribution >= 0.6 is 11.3 Å². The normalized spacial score (nSPS) is 14.0. The lowest BCUT2D eigenvalue weighted by atomic mass is 9.94. The summed E-state index contributed by atoms with van der Waals surface area (Å²) in [5, 5.41) is 12.4. The van der Waals surface area contributed by atoms with Gasteiger partial charge >= 0.3 is 0 Å². The van der Waals surface area contributed by atoms with Crippen molar-refractivity contribution in [2.75, 3.05) is 5.32 Å². The lowest BCUT2D eigenvalue weighted by molar-refractivity contribution is 0.584. The molecule has 4 N–H and O–H groups in total. The third-order valence-electron chi connectivity index (χ3n) is 4.30. The molecule has 2 heterocycles. The maximum absolute atomic E-state index is 13.5. The van der Waals surface area contributed by atoms with E-state index in [2.05, 4.69) is 20.6 Å². The second kappa shape index (κ2) is 6.84. The van der Waals surface area contributed by atoms with Gasteiger partial charge in [0.05, 0.1) is 5.69 Å². The van der Waals surface area contributed by atoms with Gasteiger partial charge in [0.2, 0.25) is 0 Å². The number of hydrogen-bond acceptors (Lipinski definition) is 5. The molecule has 0 aliphatic heterocycles. The highest BCUT2D eigenvalue weighted by Crippen LogP contribution is 2.37. The van der Waals surface area contributed by atoms with Crippen molar-refractivity contribution >= 4 is 44.8 Å². The number of aryl methyl sites for hydroxylation is 1. The van der Waals surface area contributed by atoms with Crippen LogP contribution in [0.1, 0.15) is 17.7 Å². The minimum absolute atomic E-state index is 0.186. The quantitative estimate of drug-likeness (QED) is 0.257. The minimum atomic E-state index is -0.665. The molecule has 0 unspecified atom stereocenters. The highest BCUT2D eigenvalue weighted by molar-refractivity contribution is 7.17. The van der Waals surface area contributed by atoms with Crippen molar-refractivity contribution in [3.63, 3.8) is 0 Å². The molecular weight excluding hydrogens is 370 g/mol. The number of rotatable bonds is 4. The van der Waals surface area contributed by atoms with Crippen LogP contribution in [0.25, 0.3) is 16.2 Å². The number of aromatic nitrogens is 1. The highest BCUT2D eigenvalue weighted by atomic mass is 32.1. The second-order valence-corrected chi connectivity index (χ2v) is 6.94.